The van der Waals surface area contributed by atoms with E-state index in [4.69, 9.17) is 10.00 Å². The average molecular weight is 377 g/mol. The molecule has 142 valence electrons. The number of rotatable bonds is 5. The predicted molar refractivity (Wildman–Crippen MR) is 103 cm³/mol. The second-order valence-corrected chi connectivity index (χ2v) is 6.39. The summed E-state index contributed by atoms with van der Waals surface area (Å²) in [6, 6.07) is 15.1. The van der Waals surface area contributed by atoms with E-state index in [1.807, 2.05) is 6.07 Å². The number of hydrogen-bond donors (Lipinski definition) is 1. The SMILES string of the molecule is C[C@@H](OC(=O)c1ccccc1N1CCCC1=O)C(=O)Nc1ccc(C#N)cc1. The first-order chi connectivity index (χ1) is 13.5. The van der Waals surface area contributed by atoms with E-state index in [1.54, 1.807) is 53.4 Å². The average Bonchev–Trinajstić information content (AvgIpc) is 3.14. The molecule has 1 aliphatic heterocycles. The molecule has 0 saturated carbocycles. The maximum absolute atomic E-state index is 12.6. The Hall–Kier alpha value is -3.66. The minimum absolute atomic E-state index is 0.0353. The Morgan fingerprint density at radius 3 is 2.54 bits per heavy atom. The largest absolute Gasteiger partial charge is 0.449 e. The molecule has 1 N–H and O–H groups in total. The molecule has 0 radical (unpaired) electrons. The van der Waals surface area contributed by atoms with Crippen LogP contribution in [0, 0.1) is 11.3 Å². The standard InChI is InChI=1S/C21H19N3O4/c1-14(20(26)23-16-10-8-15(13-22)9-11-16)28-21(27)17-5-2-3-6-18(17)24-12-4-7-19(24)25/h2-3,5-6,8-11,14H,4,7,12H2,1H3,(H,23,26)/t14-/m1/s1. The summed E-state index contributed by atoms with van der Waals surface area (Å²) in [7, 11) is 0. The van der Waals surface area contributed by atoms with Gasteiger partial charge in [-0.1, -0.05) is 12.1 Å². The fourth-order valence-corrected chi connectivity index (χ4v) is 2.93. The van der Waals surface area contributed by atoms with Crippen molar-refractivity contribution in [1.29, 1.82) is 5.26 Å². The first-order valence-electron chi connectivity index (χ1n) is 8.91. The quantitative estimate of drug-likeness (QED) is 0.808. The van der Waals surface area contributed by atoms with Gasteiger partial charge in [-0.3, -0.25) is 9.59 Å². The van der Waals surface area contributed by atoms with Crippen LogP contribution in [0.3, 0.4) is 0 Å². The van der Waals surface area contributed by atoms with Crippen LogP contribution in [-0.4, -0.2) is 30.4 Å². The summed E-state index contributed by atoms with van der Waals surface area (Å²) < 4.78 is 5.31. The molecule has 0 unspecified atom stereocenters. The van der Waals surface area contributed by atoms with E-state index < -0.39 is 18.0 Å². The van der Waals surface area contributed by atoms with Gasteiger partial charge in [-0.25, -0.2) is 4.79 Å². The molecule has 2 amide bonds. The topological polar surface area (TPSA) is 99.5 Å². The minimum atomic E-state index is -1.04. The molecule has 1 fully saturated rings. The van der Waals surface area contributed by atoms with Crippen LogP contribution in [0.1, 0.15) is 35.7 Å². The molecule has 7 nitrogen and oxygen atoms in total. The van der Waals surface area contributed by atoms with Crippen molar-refractivity contribution in [2.75, 3.05) is 16.8 Å². The van der Waals surface area contributed by atoms with E-state index in [0.717, 1.165) is 6.42 Å². The lowest BCUT2D eigenvalue weighted by Crippen LogP contribution is -2.31. The van der Waals surface area contributed by atoms with Crippen LogP contribution >= 0.6 is 0 Å². The van der Waals surface area contributed by atoms with E-state index >= 15 is 0 Å². The highest BCUT2D eigenvalue weighted by molar-refractivity contribution is 6.04. The Morgan fingerprint density at radius 1 is 1.18 bits per heavy atom. The number of hydrogen-bond acceptors (Lipinski definition) is 5. The Bertz CT molecular complexity index is 947. The predicted octanol–water partition coefficient (Wildman–Crippen LogP) is 2.87. The Kier molecular flexibility index (Phi) is 5.70. The number of carbonyl (C=O) groups excluding carboxylic acids is 3. The molecule has 0 bridgehead atoms. The van der Waals surface area contributed by atoms with Gasteiger partial charge in [0.15, 0.2) is 6.10 Å². The molecular formula is C21H19N3O4. The van der Waals surface area contributed by atoms with Gasteiger partial charge < -0.3 is 15.0 Å². The fraction of sp³-hybridized carbons (Fsp3) is 0.238. The molecule has 0 spiro atoms. The van der Waals surface area contributed by atoms with Crippen molar-refractivity contribution in [2.45, 2.75) is 25.9 Å². The molecule has 2 aromatic carbocycles. The van der Waals surface area contributed by atoms with Gasteiger partial charge in [0.05, 0.1) is 22.9 Å². The van der Waals surface area contributed by atoms with E-state index in [9.17, 15) is 14.4 Å². The van der Waals surface area contributed by atoms with Crippen LogP contribution in [0.15, 0.2) is 48.5 Å². The molecule has 1 heterocycles. The number of esters is 1. The maximum atomic E-state index is 12.6. The number of carbonyl (C=O) groups is 3. The van der Waals surface area contributed by atoms with Gasteiger partial charge >= 0.3 is 5.97 Å². The van der Waals surface area contributed by atoms with E-state index in [1.165, 1.54) is 6.92 Å². The smallest absolute Gasteiger partial charge is 0.341 e. The van der Waals surface area contributed by atoms with Crippen molar-refractivity contribution in [2.24, 2.45) is 0 Å². The summed E-state index contributed by atoms with van der Waals surface area (Å²) in [4.78, 5) is 38.5. The van der Waals surface area contributed by atoms with Gasteiger partial charge in [0, 0.05) is 18.7 Å². The molecular weight excluding hydrogens is 358 g/mol. The van der Waals surface area contributed by atoms with Crippen molar-refractivity contribution in [3.63, 3.8) is 0 Å². The van der Waals surface area contributed by atoms with Gasteiger partial charge in [0.1, 0.15) is 0 Å². The number of benzene rings is 2. The fourth-order valence-electron chi connectivity index (χ4n) is 2.93. The lowest BCUT2D eigenvalue weighted by molar-refractivity contribution is -0.123. The van der Waals surface area contributed by atoms with Crippen LogP contribution in [-0.2, 0) is 14.3 Å². The van der Waals surface area contributed by atoms with Crippen molar-refractivity contribution in [1.82, 2.24) is 0 Å². The molecule has 3 rings (SSSR count). The Balaban J connectivity index is 1.68. The second kappa shape index (κ2) is 8.35. The molecule has 0 aromatic heterocycles. The van der Waals surface area contributed by atoms with Crippen molar-refractivity contribution in [3.05, 3.63) is 59.7 Å². The Morgan fingerprint density at radius 2 is 1.89 bits per heavy atom. The summed E-state index contributed by atoms with van der Waals surface area (Å²) in [5, 5.41) is 11.4. The molecule has 7 heteroatoms. The van der Waals surface area contributed by atoms with E-state index in [0.29, 0.717) is 29.9 Å². The first-order valence-corrected chi connectivity index (χ1v) is 8.91. The van der Waals surface area contributed by atoms with Crippen LogP contribution in [0.4, 0.5) is 11.4 Å². The number of nitrogens with zero attached hydrogens (tertiary/aromatic N) is 2. The first kappa shape index (κ1) is 19.1. The number of anilines is 2. The molecule has 2 aromatic rings. The summed E-state index contributed by atoms with van der Waals surface area (Å²) in [6.45, 7) is 2.03. The van der Waals surface area contributed by atoms with Gasteiger partial charge in [0.2, 0.25) is 5.91 Å². The zero-order valence-corrected chi connectivity index (χ0v) is 15.3. The van der Waals surface area contributed by atoms with Crippen LogP contribution < -0.4 is 10.2 Å². The third-order valence-corrected chi connectivity index (χ3v) is 4.42. The highest BCUT2D eigenvalue weighted by Crippen LogP contribution is 2.26. The normalized spacial score (nSPS) is 14.3. The highest BCUT2D eigenvalue weighted by atomic mass is 16.5. The Labute approximate surface area is 162 Å². The zero-order valence-electron chi connectivity index (χ0n) is 15.3. The van der Waals surface area contributed by atoms with Crippen LogP contribution in [0.5, 0.6) is 0 Å². The summed E-state index contributed by atoms with van der Waals surface area (Å²) in [5.74, 6) is -1.20. The highest BCUT2D eigenvalue weighted by Gasteiger charge is 2.27. The van der Waals surface area contributed by atoms with Gasteiger partial charge in [0.25, 0.3) is 5.91 Å². The second-order valence-electron chi connectivity index (χ2n) is 6.39. The van der Waals surface area contributed by atoms with E-state index in [-0.39, 0.29) is 11.5 Å². The van der Waals surface area contributed by atoms with Gasteiger partial charge in [-0.05, 0) is 49.7 Å². The maximum Gasteiger partial charge on any atom is 0.341 e. The summed E-state index contributed by atoms with van der Waals surface area (Å²) in [6.07, 6.45) is 0.156. The number of amides is 2. The zero-order chi connectivity index (χ0) is 20.1. The minimum Gasteiger partial charge on any atom is -0.449 e. The lowest BCUT2D eigenvalue weighted by Gasteiger charge is -2.20. The van der Waals surface area contributed by atoms with Crippen LogP contribution in [0.25, 0.3) is 0 Å². The van der Waals surface area contributed by atoms with Gasteiger partial charge in [-0.15, -0.1) is 0 Å². The van der Waals surface area contributed by atoms with Crippen molar-refractivity contribution in [3.8, 4) is 6.07 Å². The molecule has 1 aliphatic rings. The molecule has 1 saturated heterocycles. The van der Waals surface area contributed by atoms with E-state index in [2.05, 4.69) is 5.32 Å². The number of para-hydroxylation sites is 1. The summed E-state index contributed by atoms with van der Waals surface area (Å²) >= 11 is 0. The third-order valence-electron chi connectivity index (χ3n) is 4.42. The monoisotopic (exact) mass is 377 g/mol. The third kappa shape index (κ3) is 4.18. The van der Waals surface area contributed by atoms with Crippen molar-refractivity contribution >= 4 is 29.2 Å². The number of nitriles is 1. The van der Waals surface area contributed by atoms with Crippen LogP contribution in [0.2, 0.25) is 0 Å². The summed E-state index contributed by atoms with van der Waals surface area (Å²) in [5.41, 5.74) is 1.71. The molecule has 28 heavy (non-hydrogen) atoms. The van der Waals surface area contributed by atoms with Crippen molar-refractivity contribution < 1.29 is 19.1 Å². The molecule has 1 atom stereocenters. The van der Waals surface area contributed by atoms with Gasteiger partial charge in [-0.2, -0.15) is 5.26 Å². The number of ether oxygens (including phenoxy) is 1. The molecule has 0 aliphatic carbocycles. The number of nitrogens with one attached hydrogen (secondary N) is 1. The lowest BCUT2D eigenvalue weighted by atomic mass is 10.1.